The number of hydrogen-bond acceptors (Lipinski definition) is 2. The summed E-state index contributed by atoms with van der Waals surface area (Å²) in [6.07, 6.45) is 16.5. The van der Waals surface area contributed by atoms with Gasteiger partial charge >= 0.3 is 0 Å². The second kappa shape index (κ2) is 7.61. The van der Waals surface area contributed by atoms with Crippen LogP contribution in [0.5, 0.6) is 0 Å². The van der Waals surface area contributed by atoms with E-state index in [9.17, 15) is 4.80 Å². The molecule has 3 aliphatic rings. The van der Waals surface area contributed by atoms with Crippen molar-refractivity contribution in [3.63, 3.8) is 0 Å². The highest BCUT2D eigenvalue weighted by Gasteiger charge is 2.46. The average molecular weight is 310 g/mol. The largest absolute Gasteiger partial charge is 0.431 e. The summed E-state index contributed by atoms with van der Waals surface area (Å²) in [6.45, 7) is 3.79. The quantitative estimate of drug-likeness (QED) is 0.745. The summed E-state index contributed by atoms with van der Waals surface area (Å²) in [5.41, 5.74) is 1.47. The summed E-state index contributed by atoms with van der Waals surface area (Å²) in [5.74, 6) is 0. The van der Waals surface area contributed by atoms with E-state index in [0.29, 0.717) is 0 Å². The third kappa shape index (κ3) is 3.91. The second-order valence-corrected chi connectivity index (χ2v) is 12.1. The van der Waals surface area contributed by atoms with Crippen molar-refractivity contribution in [3.8, 4) is 0 Å². The van der Waals surface area contributed by atoms with E-state index in [4.69, 9.17) is 0 Å². The van der Waals surface area contributed by atoms with Crippen LogP contribution in [0.2, 0.25) is 17.1 Å². The van der Waals surface area contributed by atoms with Gasteiger partial charge in [0.1, 0.15) is 0 Å². The van der Waals surface area contributed by atoms with E-state index in [1.165, 1.54) is 103 Å². The van der Waals surface area contributed by atoms with Crippen molar-refractivity contribution in [2.45, 2.75) is 94.2 Å². The lowest BCUT2D eigenvalue weighted by Crippen LogP contribution is -2.48. The first kappa shape index (κ1) is 16.0. The molecule has 0 unspecified atom stereocenters. The van der Waals surface area contributed by atoms with Crippen molar-refractivity contribution >= 4 is 8.32 Å². The van der Waals surface area contributed by atoms with E-state index >= 15 is 0 Å². The maximum absolute atomic E-state index is 11.8. The number of nitrogens with zero attached hydrogens (tertiary/aromatic N) is 1. The molecule has 0 atom stereocenters. The highest BCUT2D eigenvalue weighted by molar-refractivity contribution is 6.75. The Morgan fingerprint density at radius 1 is 0.714 bits per heavy atom. The van der Waals surface area contributed by atoms with Gasteiger partial charge in [-0.25, -0.2) is 0 Å². The smallest absolute Gasteiger partial charge is 0.195 e. The van der Waals surface area contributed by atoms with E-state index in [0.717, 1.165) is 11.1 Å². The molecule has 21 heavy (non-hydrogen) atoms. The van der Waals surface area contributed by atoms with E-state index < -0.39 is 8.32 Å². The lowest BCUT2D eigenvalue weighted by atomic mass is 9.99. The van der Waals surface area contributed by atoms with E-state index in [1.54, 1.807) is 0 Å². The zero-order valence-electron chi connectivity index (χ0n) is 13.9. The molecule has 3 rings (SSSR count). The molecule has 0 aromatic heterocycles. The maximum Gasteiger partial charge on any atom is 0.195 e. The summed E-state index contributed by atoms with van der Waals surface area (Å²) in [4.78, 5) is 14.5. The molecule has 0 amide bonds. The first-order valence-electron chi connectivity index (χ1n) is 9.74. The molecule has 1 aliphatic heterocycles. The van der Waals surface area contributed by atoms with Gasteiger partial charge in [0.2, 0.25) is 0 Å². The van der Waals surface area contributed by atoms with Crippen LogP contribution in [-0.2, 0) is 0 Å². The minimum atomic E-state index is -2.06. The molecular formula is C18H35NOSi. The van der Waals surface area contributed by atoms with Gasteiger partial charge in [-0.3, -0.25) is 0 Å². The fourth-order valence-corrected chi connectivity index (χ4v) is 10.3. The van der Waals surface area contributed by atoms with Crippen LogP contribution in [0.1, 0.15) is 77.0 Å². The minimum absolute atomic E-state index is 0.733. The lowest BCUT2D eigenvalue weighted by Gasteiger charge is -2.44. The molecule has 2 saturated carbocycles. The summed E-state index contributed by atoms with van der Waals surface area (Å²) in [7, 11) is -2.06. The summed E-state index contributed by atoms with van der Waals surface area (Å²) >= 11 is 0. The molecule has 0 aromatic carbocycles. The molecule has 3 heteroatoms. The van der Waals surface area contributed by atoms with E-state index in [-0.39, 0.29) is 0 Å². The molecule has 1 heterocycles. The van der Waals surface area contributed by atoms with Gasteiger partial charge in [0.25, 0.3) is 0 Å². The number of hydrogen-bond donors (Lipinski definition) is 1. The third-order valence-electron chi connectivity index (χ3n) is 6.65. The van der Waals surface area contributed by atoms with E-state index in [2.05, 4.69) is 4.90 Å². The number of likely N-dealkylation sites (tertiary alicyclic amines) is 1. The molecular weight excluding hydrogens is 274 g/mol. The van der Waals surface area contributed by atoms with Crippen LogP contribution < -0.4 is 0 Å². The summed E-state index contributed by atoms with van der Waals surface area (Å²) < 4.78 is 0. The molecule has 0 aromatic rings. The van der Waals surface area contributed by atoms with Crippen LogP contribution in [0, 0.1) is 0 Å². The topological polar surface area (TPSA) is 23.5 Å². The van der Waals surface area contributed by atoms with Gasteiger partial charge in [-0.15, -0.1) is 0 Å². The Bertz CT molecular complexity index is 286. The van der Waals surface area contributed by atoms with Crippen LogP contribution in [-0.4, -0.2) is 37.6 Å². The maximum atomic E-state index is 11.8. The zero-order chi connectivity index (χ0) is 14.5. The van der Waals surface area contributed by atoms with Gasteiger partial charge in [0.15, 0.2) is 8.32 Å². The highest BCUT2D eigenvalue weighted by atomic mass is 28.4. The van der Waals surface area contributed by atoms with Gasteiger partial charge in [-0.05, 0) is 49.6 Å². The first-order valence-corrected chi connectivity index (χ1v) is 12.0. The molecule has 3 fully saturated rings. The highest BCUT2D eigenvalue weighted by Crippen LogP contribution is 2.48. The number of rotatable bonds is 5. The summed E-state index contributed by atoms with van der Waals surface area (Å²) in [5, 5.41) is 0. The lowest BCUT2D eigenvalue weighted by molar-refractivity contribution is 0.329. The van der Waals surface area contributed by atoms with Crippen molar-refractivity contribution < 1.29 is 4.80 Å². The second-order valence-electron chi connectivity index (χ2n) is 7.96. The molecule has 0 radical (unpaired) electrons. The van der Waals surface area contributed by atoms with Crippen LogP contribution in [0.4, 0.5) is 0 Å². The Morgan fingerprint density at radius 3 is 1.67 bits per heavy atom. The van der Waals surface area contributed by atoms with Crippen molar-refractivity contribution in [3.05, 3.63) is 0 Å². The normalized spacial score (nSPS) is 27.3. The average Bonchev–Trinajstić information content (AvgIpc) is 3.08. The Labute approximate surface area is 132 Å². The minimum Gasteiger partial charge on any atom is -0.431 e. The zero-order valence-corrected chi connectivity index (χ0v) is 14.9. The summed E-state index contributed by atoms with van der Waals surface area (Å²) in [6, 6.07) is 1.18. The Hall–Kier alpha value is 0.137. The molecule has 0 spiro atoms. The fraction of sp³-hybridized carbons (Fsp3) is 1.00. The van der Waals surface area contributed by atoms with Gasteiger partial charge in [0, 0.05) is 0 Å². The van der Waals surface area contributed by atoms with Crippen LogP contribution in [0.3, 0.4) is 0 Å². The van der Waals surface area contributed by atoms with Crippen molar-refractivity contribution in [1.82, 2.24) is 4.90 Å². The van der Waals surface area contributed by atoms with E-state index in [1.807, 2.05) is 0 Å². The molecule has 1 N–H and O–H groups in total. The third-order valence-corrected chi connectivity index (χ3v) is 11.7. The van der Waals surface area contributed by atoms with Crippen molar-refractivity contribution in [2.24, 2.45) is 0 Å². The predicted octanol–water partition coefficient (Wildman–Crippen LogP) is 4.69. The van der Waals surface area contributed by atoms with Gasteiger partial charge in [-0.2, -0.15) is 0 Å². The van der Waals surface area contributed by atoms with Crippen molar-refractivity contribution in [2.75, 3.05) is 19.6 Å². The Balaban J connectivity index is 1.65. The van der Waals surface area contributed by atoms with Crippen LogP contribution in [0.15, 0.2) is 0 Å². The van der Waals surface area contributed by atoms with Crippen molar-refractivity contribution in [1.29, 1.82) is 0 Å². The molecule has 0 bridgehead atoms. The monoisotopic (exact) mass is 309 g/mol. The Morgan fingerprint density at radius 2 is 1.19 bits per heavy atom. The Kier molecular flexibility index (Phi) is 5.80. The van der Waals surface area contributed by atoms with Gasteiger partial charge < -0.3 is 9.70 Å². The van der Waals surface area contributed by atoms with Crippen LogP contribution >= 0.6 is 0 Å². The van der Waals surface area contributed by atoms with Crippen LogP contribution in [0.25, 0.3) is 0 Å². The molecule has 1 saturated heterocycles. The SMILES string of the molecule is O[Si](CCN1CCCC1)(C1CCCCC1)C1CCCCC1. The van der Waals surface area contributed by atoms with Gasteiger partial charge in [-0.1, -0.05) is 64.2 Å². The first-order chi connectivity index (χ1) is 10.3. The molecule has 2 nitrogen and oxygen atoms in total. The fourth-order valence-electron chi connectivity index (χ4n) is 5.29. The predicted molar refractivity (Wildman–Crippen MR) is 92.1 cm³/mol. The van der Waals surface area contributed by atoms with Gasteiger partial charge in [0.05, 0.1) is 0 Å². The standard InChI is InChI=1S/C18H35NOSi/c20-21(17-9-3-1-4-10-17,18-11-5-2-6-12-18)16-15-19-13-7-8-14-19/h17-18,20H,1-16H2. The molecule has 2 aliphatic carbocycles. The molecule has 122 valence electrons.